The number of fused-ring (bicyclic) bond motifs is 2. The maximum absolute atomic E-state index is 13.3. The monoisotopic (exact) mass is 432 g/mol. The van der Waals surface area contributed by atoms with E-state index in [1.165, 1.54) is 16.2 Å². The van der Waals surface area contributed by atoms with E-state index in [0.29, 0.717) is 21.9 Å². The van der Waals surface area contributed by atoms with Crippen LogP contribution in [0.2, 0.25) is 0 Å². The van der Waals surface area contributed by atoms with E-state index in [2.05, 4.69) is 0 Å². The molecule has 6 nitrogen and oxygen atoms in total. The number of benzene rings is 2. The molecule has 1 aromatic heterocycles. The van der Waals surface area contributed by atoms with Gasteiger partial charge in [0.1, 0.15) is 12.3 Å². The van der Waals surface area contributed by atoms with E-state index in [4.69, 9.17) is 4.74 Å². The molecular weight excluding hydrogens is 412 g/mol. The van der Waals surface area contributed by atoms with Crippen LogP contribution in [0.25, 0.3) is 0 Å². The summed E-state index contributed by atoms with van der Waals surface area (Å²) in [6.07, 6.45) is 0.787. The molecule has 2 aliphatic heterocycles. The van der Waals surface area contributed by atoms with Crippen molar-refractivity contribution in [1.29, 1.82) is 0 Å². The van der Waals surface area contributed by atoms with E-state index in [-0.39, 0.29) is 36.8 Å². The summed E-state index contributed by atoms with van der Waals surface area (Å²) in [6.45, 7) is 1.76. The largest absolute Gasteiger partial charge is 0.482 e. The standard InChI is InChI=1S/C24H20N2O4S/c1-15-11-16-5-2-3-6-18(16)26(15)22(27)13-25-19-12-17(24(29)21-7-4-10-31-21)8-9-20(19)30-14-23(25)28/h2-10,12,15H,11,13-14H2,1H3. The second-order valence-electron chi connectivity index (χ2n) is 7.70. The van der Waals surface area contributed by atoms with Crippen molar-refractivity contribution >= 4 is 40.3 Å². The molecule has 2 amide bonds. The molecule has 0 bridgehead atoms. The number of para-hydroxylation sites is 1. The Morgan fingerprint density at radius 3 is 2.74 bits per heavy atom. The van der Waals surface area contributed by atoms with Gasteiger partial charge in [0, 0.05) is 17.3 Å². The topological polar surface area (TPSA) is 66.9 Å². The van der Waals surface area contributed by atoms with Crippen molar-refractivity contribution in [3.05, 3.63) is 76.0 Å². The summed E-state index contributed by atoms with van der Waals surface area (Å²) < 4.78 is 5.55. The number of carbonyl (C=O) groups excluding carboxylic acids is 3. The molecule has 7 heteroatoms. The van der Waals surface area contributed by atoms with Gasteiger partial charge in [0.2, 0.25) is 11.7 Å². The number of amides is 2. The van der Waals surface area contributed by atoms with Gasteiger partial charge in [0.15, 0.2) is 6.61 Å². The molecule has 0 fully saturated rings. The van der Waals surface area contributed by atoms with Crippen LogP contribution in [0, 0.1) is 0 Å². The van der Waals surface area contributed by atoms with Crippen LogP contribution in [-0.4, -0.2) is 36.8 Å². The lowest BCUT2D eigenvalue weighted by molar-refractivity contribution is -0.124. The molecule has 3 aromatic rings. The molecular formula is C24H20N2O4S. The normalized spacial score (nSPS) is 17.2. The Morgan fingerprint density at radius 1 is 1.10 bits per heavy atom. The van der Waals surface area contributed by atoms with Crippen LogP contribution in [0.3, 0.4) is 0 Å². The van der Waals surface area contributed by atoms with Crippen LogP contribution in [0.4, 0.5) is 11.4 Å². The third-order valence-corrected chi connectivity index (χ3v) is 6.55. The molecule has 31 heavy (non-hydrogen) atoms. The van der Waals surface area contributed by atoms with Gasteiger partial charge in [-0.3, -0.25) is 19.3 Å². The number of nitrogens with zero attached hydrogens (tertiary/aromatic N) is 2. The number of ketones is 1. The van der Waals surface area contributed by atoms with Gasteiger partial charge in [-0.15, -0.1) is 11.3 Å². The van der Waals surface area contributed by atoms with Crippen LogP contribution in [0.15, 0.2) is 60.0 Å². The molecule has 1 unspecified atom stereocenters. The lowest BCUT2D eigenvalue weighted by Crippen LogP contribution is -2.48. The highest BCUT2D eigenvalue weighted by atomic mass is 32.1. The van der Waals surface area contributed by atoms with Crippen molar-refractivity contribution < 1.29 is 19.1 Å². The second kappa shape index (κ2) is 7.67. The summed E-state index contributed by atoms with van der Waals surface area (Å²) in [6, 6.07) is 16.5. The van der Waals surface area contributed by atoms with E-state index < -0.39 is 0 Å². The maximum Gasteiger partial charge on any atom is 0.265 e. The average molecular weight is 433 g/mol. The zero-order chi connectivity index (χ0) is 21.5. The van der Waals surface area contributed by atoms with Gasteiger partial charge >= 0.3 is 0 Å². The number of hydrogen-bond donors (Lipinski definition) is 0. The third-order valence-electron chi connectivity index (χ3n) is 5.68. The van der Waals surface area contributed by atoms with Gasteiger partial charge in [-0.25, -0.2) is 0 Å². The van der Waals surface area contributed by atoms with Crippen molar-refractivity contribution in [3.8, 4) is 5.75 Å². The fraction of sp³-hybridized carbons (Fsp3) is 0.208. The molecule has 0 saturated carbocycles. The Bertz CT molecular complexity index is 1190. The first-order valence-electron chi connectivity index (χ1n) is 10.1. The molecule has 1 atom stereocenters. The molecule has 0 saturated heterocycles. The molecule has 0 N–H and O–H groups in total. The number of hydrogen-bond acceptors (Lipinski definition) is 5. The quantitative estimate of drug-likeness (QED) is 0.590. The first-order valence-corrected chi connectivity index (χ1v) is 11.0. The van der Waals surface area contributed by atoms with E-state index in [1.54, 1.807) is 29.2 Å². The molecule has 0 spiro atoms. The van der Waals surface area contributed by atoms with Crippen LogP contribution in [-0.2, 0) is 16.0 Å². The summed E-state index contributed by atoms with van der Waals surface area (Å²) in [7, 11) is 0. The molecule has 0 aliphatic carbocycles. The predicted octanol–water partition coefficient (Wildman–Crippen LogP) is 3.68. The third kappa shape index (κ3) is 3.41. The van der Waals surface area contributed by atoms with Crippen molar-refractivity contribution in [1.82, 2.24) is 0 Å². The smallest absolute Gasteiger partial charge is 0.265 e. The van der Waals surface area contributed by atoms with Crippen molar-refractivity contribution in [2.45, 2.75) is 19.4 Å². The highest BCUT2D eigenvalue weighted by molar-refractivity contribution is 7.12. The number of ether oxygens (including phenoxy) is 1. The Balaban J connectivity index is 1.45. The maximum atomic E-state index is 13.3. The number of carbonyl (C=O) groups is 3. The van der Waals surface area contributed by atoms with Gasteiger partial charge in [-0.1, -0.05) is 24.3 Å². The predicted molar refractivity (Wildman–Crippen MR) is 119 cm³/mol. The SMILES string of the molecule is CC1Cc2ccccc2N1C(=O)CN1C(=O)COc2ccc(C(=O)c3cccs3)cc21. The summed E-state index contributed by atoms with van der Waals surface area (Å²) in [5, 5.41) is 1.85. The number of rotatable bonds is 4. The van der Waals surface area contributed by atoms with Crippen LogP contribution in [0.5, 0.6) is 5.75 Å². The minimum atomic E-state index is -0.304. The highest BCUT2D eigenvalue weighted by Gasteiger charge is 2.34. The van der Waals surface area contributed by atoms with Crippen molar-refractivity contribution in [3.63, 3.8) is 0 Å². The van der Waals surface area contributed by atoms with E-state index in [1.807, 2.05) is 42.6 Å². The minimum Gasteiger partial charge on any atom is -0.482 e. The van der Waals surface area contributed by atoms with Gasteiger partial charge in [0.25, 0.3) is 5.91 Å². The Morgan fingerprint density at radius 2 is 1.94 bits per heavy atom. The number of anilines is 2. The van der Waals surface area contributed by atoms with Crippen molar-refractivity contribution in [2.24, 2.45) is 0 Å². The average Bonchev–Trinajstić information content (AvgIpc) is 3.42. The van der Waals surface area contributed by atoms with Gasteiger partial charge in [-0.05, 0) is 54.6 Å². The molecule has 2 aromatic carbocycles. The van der Waals surface area contributed by atoms with Crippen LogP contribution >= 0.6 is 11.3 Å². The number of thiophene rings is 1. The first-order chi connectivity index (χ1) is 15.0. The van der Waals surface area contributed by atoms with E-state index >= 15 is 0 Å². The van der Waals surface area contributed by atoms with Gasteiger partial charge < -0.3 is 9.64 Å². The first kappa shape index (κ1) is 19.5. The molecule has 3 heterocycles. The Labute approximate surface area is 183 Å². The molecule has 5 rings (SSSR count). The van der Waals surface area contributed by atoms with Crippen LogP contribution < -0.4 is 14.5 Å². The fourth-order valence-corrected chi connectivity index (χ4v) is 4.91. The van der Waals surface area contributed by atoms with E-state index in [0.717, 1.165) is 17.7 Å². The zero-order valence-corrected chi connectivity index (χ0v) is 17.7. The summed E-state index contributed by atoms with van der Waals surface area (Å²) >= 11 is 1.36. The lowest BCUT2D eigenvalue weighted by Gasteiger charge is -2.31. The Kier molecular flexibility index (Phi) is 4.82. The van der Waals surface area contributed by atoms with Gasteiger partial charge in [0.05, 0.1) is 10.6 Å². The van der Waals surface area contributed by atoms with E-state index in [9.17, 15) is 14.4 Å². The van der Waals surface area contributed by atoms with Crippen LogP contribution in [0.1, 0.15) is 27.7 Å². The summed E-state index contributed by atoms with van der Waals surface area (Å²) in [4.78, 5) is 42.6. The zero-order valence-electron chi connectivity index (χ0n) is 16.9. The summed E-state index contributed by atoms with van der Waals surface area (Å²) in [5.74, 6) is -0.0930. The molecule has 2 aliphatic rings. The molecule has 0 radical (unpaired) electrons. The van der Waals surface area contributed by atoms with Crippen molar-refractivity contribution in [2.75, 3.05) is 23.0 Å². The van der Waals surface area contributed by atoms with Gasteiger partial charge in [-0.2, -0.15) is 0 Å². The second-order valence-corrected chi connectivity index (χ2v) is 8.65. The fourth-order valence-electron chi connectivity index (χ4n) is 4.22. The Hall–Kier alpha value is -3.45. The minimum absolute atomic E-state index is 0.0206. The molecule has 156 valence electrons. The summed E-state index contributed by atoms with van der Waals surface area (Å²) in [5.41, 5.74) is 2.92. The highest BCUT2D eigenvalue weighted by Crippen LogP contribution is 2.36. The lowest BCUT2D eigenvalue weighted by atomic mass is 10.1.